The molecule has 162 valence electrons. The largest absolute Gasteiger partial charge is 0.481 e. The van der Waals surface area contributed by atoms with Gasteiger partial charge in [0.2, 0.25) is 0 Å². The van der Waals surface area contributed by atoms with Crippen LogP contribution in [0.25, 0.3) is 0 Å². The van der Waals surface area contributed by atoms with Crippen LogP contribution in [0.15, 0.2) is 0 Å². The molecule has 28 heavy (non-hydrogen) atoms. The van der Waals surface area contributed by atoms with E-state index >= 15 is 0 Å². The Bertz CT molecular complexity index is 487. The minimum Gasteiger partial charge on any atom is -0.481 e. The molecule has 3 nitrogen and oxygen atoms in total. The monoisotopic (exact) mass is 409 g/mol. The summed E-state index contributed by atoms with van der Waals surface area (Å²) < 4.78 is 0. The lowest BCUT2D eigenvalue weighted by molar-refractivity contribution is -0.152. The fourth-order valence-electron chi connectivity index (χ4n) is 5.25. The van der Waals surface area contributed by atoms with Gasteiger partial charge in [-0.3, -0.25) is 4.79 Å². The average Bonchev–Trinajstić information content (AvgIpc) is 3.60. The standard InChI is InChI=1S/C13H25NS.C11H18O2/c1-11(2)15-10-13(9-12-3-4-12)5-7-14-8-6-13;12-10(13)11(8-9-4-5-9)6-2-1-3-7-11/h11-12,14H,3-10H2,1-2H3;9H,1-8H2,(H,12,13). The molecule has 0 amide bonds. The third kappa shape index (κ3) is 6.93. The minimum absolute atomic E-state index is 0.320. The molecule has 2 N–H and O–H groups in total. The molecule has 0 atom stereocenters. The third-order valence-electron chi connectivity index (χ3n) is 7.45. The number of piperidine rings is 1. The lowest BCUT2D eigenvalue weighted by Crippen LogP contribution is -2.39. The molecule has 4 aliphatic rings. The molecule has 0 unspecified atom stereocenters. The topological polar surface area (TPSA) is 49.3 Å². The van der Waals surface area contributed by atoms with Crippen molar-refractivity contribution in [1.82, 2.24) is 5.32 Å². The van der Waals surface area contributed by atoms with E-state index in [1.165, 1.54) is 70.2 Å². The smallest absolute Gasteiger partial charge is 0.309 e. The van der Waals surface area contributed by atoms with Crippen molar-refractivity contribution in [3.05, 3.63) is 0 Å². The molecule has 0 spiro atoms. The zero-order chi connectivity index (χ0) is 20.0. The number of aliphatic carboxylic acids is 1. The van der Waals surface area contributed by atoms with Crippen LogP contribution in [0.4, 0.5) is 0 Å². The van der Waals surface area contributed by atoms with Gasteiger partial charge in [0.1, 0.15) is 0 Å². The second-order valence-corrected chi connectivity index (χ2v) is 12.1. The maximum absolute atomic E-state index is 11.2. The van der Waals surface area contributed by atoms with Crippen LogP contribution in [0.3, 0.4) is 0 Å². The van der Waals surface area contributed by atoms with E-state index in [1.54, 1.807) is 0 Å². The first-order chi connectivity index (χ1) is 13.4. The van der Waals surface area contributed by atoms with Gasteiger partial charge in [0, 0.05) is 0 Å². The quantitative estimate of drug-likeness (QED) is 0.507. The molecule has 1 saturated heterocycles. The molecule has 0 aromatic heterocycles. The molecule has 0 radical (unpaired) electrons. The first-order valence-corrected chi connectivity index (χ1v) is 13.0. The van der Waals surface area contributed by atoms with Crippen molar-refractivity contribution >= 4 is 17.7 Å². The van der Waals surface area contributed by atoms with E-state index in [1.807, 2.05) is 0 Å². The lowest BCUT2D eigenvalue weighted by Gasteiger charge is -2.38. The van der Waals surface area contributed by atoms with Crippen molar-refractivity contribution in [2.75, 3.05) is 18.8 Å². The zero-order valence-electron chi connectivity index (χ0n) is 18.3. The van der Waals surface area contributed by atoms with E-state index in [0.717, 1.165) is 49.2 Å². The summed E-state index contributed by atoms with van der Waals surface area (Å²) in [7, 11) is 0. The Morgan fingerprint density at radius 1 is 0.964 bits per heavy atom. The Kier molecular flexibility index (Phi) is 8.18. The van der Waals surface area contributed by atoms with Crippen LogP contribution in [0, 0.1) is 22.7 Å². The van der Waals surface area contributed by atoms with Gasteiger partial charge in [-0.05, 0) is 79.9 Å². The van der Waals surface area contributed by atoms with Gasteiger partial charge in [0.05, 0.1) is 5.41 Å². The van der Waals surface area contributed by atoms with Crippen molar-refractivity contribution in [2.24, 2.45) is 22.7 Å². The van der Waals surface area contributed by atoms with Crippen molar-refractivity contribution < 1.29 is 9.90 Å². The highest BCUT2D eigenvalue weighted by Crippen LogP contribution is 2.48. The summed E-state index contributed by atoms with van der Waals surface area (Å²) in [6.45, 7) is 7.17. The molecular weight excluding hydrogens is 366 g/mol. The SMILES string of the molecule is CC(C)SCC1(CC2CC2)CCNCC1.O=C(O)C1(CC2CC2)CCCCC1. The Labute approximate surface area is 177 Å². The predicted octanol–water partition coefficient (Wildman–Crippen LogP) is 6.12. The van der Waals surface area contributed by atoms with Gasteiger partial charge in [0.25, 0.3) is 0 Å². The molecule has 4 rings (SSSR count). The van der Waals surface area contributed by atoms with Crippen LogP contribution in [-0.4, -0.2) is 35.2 Å². The average molecular weight is 410 g/mol. The van der Waals surface area contributed by atoms with Crippen LogP contribution in [0.5, 0.6) is 0 Å². The van der Waals surface area contributed by atoms with Crippen molar-refractivity contribution in [1.29, 1.82) is 0 Å². The minimum atomic E-state index is -0.529. The molecule has 0 aromatic carbocycles. The number of rotatable bonds is 8. The number of hydrogen-bond acceptors (Lipinski definition) is 3. The summed E-state index contributed by atoms with van der Waals surface area (Å²) in [5.74, 6) is 2.72. The van der Waals surface area contributed by atoms with Crippen LogP contribution in [-0.2, 0) is 4.79 Å². The highest BCUT2D eigenvalue weighted by Gasteiger charge is 2.43. The van der Waals surface area contributed by atoms with E-state index in [2.05, 4.69) is 30.9 Å². The van der Waals surface area contributed by atoms with Crippen molar-refractivity contribution in [3.63, 3.8) is 0 Å². The highest BCUT2D eigenvalue weighted by molar-refractivity contribution is 7.99. The molecule has 4 heteroatoms. The summed E-state index contributed by atoms with van der Waals surface area (Å²) in [6.07, 6.45) is 16.2. The molecule has 3 saturated carbocycles. The van der Waals surface area contributed by atoms with Gasteiger partial charge in [0.15, 0.2) is 0 Å². The Balaban J connectivity index is 0.000000162. The first kappa shape index (κ1) is 22.5. The molecule has 1 heterocycles. The van der Waals surface area contributed by atoms with Crippen LogP contribution in [0.1, 0.15) is 97.3 Å². The van der Waals surface area contributed by atoms with Crippen LogP contribution in [0.2, 0.25) is 0 Å². The van der Waals surface area contributed by atoms with Crippen LogP contribution < -0.4 is 5.32 Å². The number of carboxylic acids is 1. The van der Waals surface area contributed by atoms with Crippen molar-refractivity contribution in [2.45, 2.75) is 103 Å². The molecule has 0 aromatic rings. The van der Waals surface area contributed by atoms with Crippen LogP contribution >= 0.6 is 11.8 Å². The van der Waals surface area contributed by atoms with Crippen molar-refractivity contribution in [3.8, 4) is 0 Å². The highest BCUT2D eigenvalue weighted by atomic mass is 32.2. The maximum atomic E-state index is 11.2. The number of nitrogens with one attached hydrogen (secondary N) is 1. The zero-order valence-corrected chi connectivity index (χ0v) is 19.1. The van der Waals surface area contributed by atoms with Gasteiger partial charge in [-0.15, -0.1) is 0 Å². The Morgan fingerprint density at radius 2 is 1.54 bits per heavy atom. The second-order valence-electron chi connectivity index (χ2n) is 10.6. The Hall–Kier alpha value is -0.220. The second kappa shape index (κ2) is 10.2. The normalized spacial score (nSPS) is 26.4. The van der Waals surface area contributed by atoms with E-state index in [-0.39, 0.29) is 5.41 Å². The van der Waals surface area contributed by atoms with E-state index < -0.39 is 5.97 Å². The summed E-state index contributed by atoms with van der Waals surface area (Å²) >= 11 is 2.18. The van der Waals surface area contributed by atoms with Gasteiger partial charge < -0.3 is 10.4 Å². The third-order valence-corrected chi connectivity index (χ3v) is 8.89. The van der Waals surface area contributed by atoms with E-state index in [0.29, 0.717) is 5.41 Å². The van der Waals surface area contributed by atoms with E-state index in [9.17, 15) is 9.90 Å². The van der Waals surface area contributed by atoms with Gasteiger partial charge in [-0.1, -0.05) is 58.8 Å². The summed E-state index contributed by atoms with van der Waals surface area (Å²) in [5, 5.41) is 13.6. The van der Waals surface area contributed by atoms with Gasteiger partial charge in [-0.2, -0.15) is 11.8 Å². The number of carboxylic acid groups (broad SMARTS) is 1. The molecular formula is C24H43NO2S. The molecule has 1 aliphatic heterocycles. The summed E-state index contributed by atoms with van der Waals surface area (Å²) in [5.41, 5.74) is 0.376. The van der Waals surface area contributed by atoms with Gasteiger partial charge in [-0.25, -0.2) is 0 Å². The molecule has 3 aliphatic carbocycles. The fraction of sp³-hybridized carbons (Fsp3) is 0.958. The van der Waals surface area contributed by atoms with Gasteiger partial charge >= 0.3 is 5.97 Å². The first-order valence-electron chi connectivity index (χ1n) is 12.0. The number of thioether (sulfide) groups is 1. The predicted molar refractivity (Wildman–Crippen MR) is 120 cm³/mol. The number of carbonyl (C=O) groups is 1. The number of hydrogen-bond donors (Lipinski definition) is 2. The molecule has 4 fully saturated rings. The Morgan fingerprint density at radius 3 is 2.04 bits per heavy atom. The van der Waals surface area contributed by atoms with E-state index in [4.69, 9.17) is 0 Å². The molecule has 0 bridgehead atoms. The summed E-state index contributed by atoms with van der Waals surface area (Å²) in [4.78, 5) is 11.2. The summed E-state index contributed by atoms with van der Waals surface area (Å²) in [6, 6.07) is 0. The maximum Gasteiger partial charge on any atom is 0.309 e. The lowest BCUT2D eigenvalue weighted by atomic mass is 9.71. The fourth-order valence-corrected chi connectivity index (χ4v) is 6.34.